The summed E-state index contributed by atoms with van der Waals surface area (Å²) in [5, 5.41) is 24.6. The molecule has 0 radical (unpaired) electrons. The molecule has 0 bridgehead atoms. The molecule has 2 heterocycles. The van der Waals surface area contributed by atoms with E-state index in [1.165, 1.54) is 0 Å². The average Bonchev–Trinajstić information content (AvgIpc) is 3.49. The Morgan fingerprint density at radius 3 is 1.36 bits per heavy atom. The van der Waals surface area contributed by atoms with Crippen LogP contribution in [-0.4, -0.2) is 55.5 Å². The summed E-state index contributed by atoms with van der Waals surface area (Å²) in [7, 11) is 0. The molecule has 47 heavy (non-hydrogen) atoms. The molecule has 14 heteroatoms. The Bertz CT molecular complexity index is 1780. The van der Waals surface area contributed by atoms with Crippen LogP contribution in [0.2, 0.25) is 0 Å². The minimum Gasteiger partial charge on any atom is -0.476 e. The van der Waals surface area contributed by atoms with Gasteiger partial charge in [0.05, 0.1) is 0 Å². The lowest BCUT2D eigenvalue weighted by Crippen LogP contribution is -2.50. The van der Waals surface area contributed by atoms with E-state index in [1.54, 1.807) is 60.7 Å². The molecule has 0 spiro atoms. The van der Waals surface area contributed by atoms with Crippen molar-refractivity contribution in [3.8, 4) is 0 Å². The maximum atomic E-state index is 13.3. The monoisotopic (exact) mass is 642 g/mol. The summed E-state index contributed by atoms with van der Waals surface area (Å²) in [6.45, 7) is -0.259. The van der Waals surface area contributed by atoms with Gasteiger partial charge in [0.25, 0.3) is 22.9 Å². The third-order valence-electron chi connectivity index (χ3n) is 7.57. The van der Waals surface area contributed by atoms with Gasteiger partial charge in [0.2, 0.25) is 0 Å². The van der Waals surface area contributed by atoms with E-state index in [0.717, 1.165) is 24.3 Å². The molecule has 4 N–H and O–H groups in total. The fourth-order valence-corrected chi connectivity index (χ4v) is 5.18. The minimum atomic E-state index is -1.43. The van der Waals surface area contributed by atoms with Crippen LogP contribution in [0, 0.1) is 0 Å². The second-order valence-corrected chi connectivity index (χ2v) is 10.7. The minimum absolute atomic E-state index is 0.130. The number of aromatic nitrogens is 2. The van der Waals surface area contributed by atoms with Gasteiger partial charge in [0.1, 0.15) is 24.3 Å². The van der Waals surface area contributed by atoms with E-state index in [0.29, 0.717) is 39.9 Å². The lowest BCUT2D eigenvalue weighted by Gasteiger charge is -2.22. The van der Waals surface area contributed by atoms with Crippen LogP contribution in [0.5, 0.6) is 0 Å². The Kier molecular flexibility index (Phi) is 9.79. The highest BCUT2D eigenvalue weighted by atomic mass is 16.7. The van der Waals surface area contributed by atoms with Gasteiger partial charge in [-0.25, -0.2) is 9.59 Å². The lowest BCUT2D eigenvalue weighted by molar-refractivity contribution is 0.0522. The Hall–Kier alpha value is -6.18. The molecule has 1 aliphatic carbocycles. The topological polar surface area (TPSA) is 195 Å². The van der Waals surface area contributed by atoms with Crippen molar-refractivity contribution in [1.82, 2.24) is 20.1 Å². The first-order valence-electron chi connectivity index (χ1n) is 14.6. The van der Waals surface area contributed by atoms with Crippen LogP contribution in [0.1, 0.15) is 72.1 Å². The molecule has 5 rings (SSSR count). The highest BCUT2D eigenvalue weighted by Gasteiger charge is 2.32. The largest absolute Gasteiger partial charge is 0.476 e. The first kappa shape index (κ1) is 32.2. The Morgan fingerprint density at radius 2 is 1.00 bits per heavy atom. The Labute approximate surface area is 266 Å². The predicted octanol–water partition coefficient (Wildman–Crippen LogP) is 1.74. The Morgan fingerprint density at radius 1 is 0.617 bits per heavy atom. The molecule has 14 nitrogen and oxygen atoms in total. The summed E-state index contributed by atoms with van der Waals surface area (Å²) in [6, 6.07) is 20.6. The highest BCUT2D eigenvalue weighted by molar-refractivity contribution is 5.96. The van der Waals surface area contributed by atoms with Crippen molar-refractivity contribution in [3.63, 3.8) is 0 Å². The van der Waals surface area contributed by atoms with Crippen molar-refractivity contribution in [1.29, 1.82) is 0 Å². The predicted molar refractivity (Wildman–Crippen MR) is 165 cm³/mol. The summed E-state index contributed by atoms with van der Waals surface area (Å²) >= 11 is 0. The van der Waals surface area contributed by atoms with Gasteiger partial charge in [-0.15, -0.1) is 9.46 Å². The normalized spacial score (nSPS) is 15.4. The third-order valence-corrected chi connectivity index (χ3v) is 7.57. The van der Waals surface area contributed by atoms with Crippen LogP contribution in [0.4, 0.5) is 0 Å². The smallest absolute Gasteiger partial charge is 0.356 e. The maximum absolute atomic E-state index is 13.3. The van der Waals surface area contributed by atoms with E-state index in [2.05, 4.69) is 10.6 Å². The summed E-state index contributed by atoms with van der Waals surface area (Å²) in [5.41, 5.74) is -2.31. The number of rotatable bonds is 12. The number of carboxylic acid groups (broad SMARTS) is 2. The standard InChI is InChI=1S/C33H30N4O10/c38-28(22-14-16-26(32(42)43)36(30(22)40)46-18-20-8-3-1-4-9-20)34-24-12-7-13-25(24)35-29(39)23-15-17-27(33(44)45)37(31(23)41)47-19-21-10-5-2-6-11-21/h1-6,8-11,14-17,24-25H,7,12-13,18-19H2,(H,34,38)(H,35,39)(H,42,43)(H,44,45)/t24-,25+. The number of carbonyl (C=O) groups excluding carboxylic acids is 2. The number of pyridine rings is 2. The van der Waals surface area contributed by atoms with Crippen molar-refractivity contribution in [2.24, 2.45) is 0 Å². The van der Waals surface area contributed by atoms with Crippen molar-refractivity contribution >= 4 is 23.8 Å². The summed E-state index contributed by atoms with van der Waals surface area (Å²) in [6.07, 6.45) is 1.47. The quantitative estimate of drug-likeness (QED) is 0.177. The molecule has 0 unspecified atom stereocenters. The van der Waals surface area contributed by atoms with Gasteiger partial charge in [-0.05, 0) is 54.7 Å². The molecule has 1 fully saturated rings. The fourth-order valence-electron chi connectivity index (χ4n) is 5.18. The molecular formula is C33H30N4O10. The van der Waals surface area contributed by atoms with Gasteiger partial charge in [0, 0.05) is 12.1 Å². The molecule has 2 amide bonds. The van der Waals surface area contributed by atoms with Crippen molar-refractivity contribution in [2.45, 2.75) is 44.6 Å². The number of nitrogens with zero attached hydrogens (tertiary/aromatic N) is 2. The van der Waals surface area contributed by atoms with Crippen molar-refractivity contribution in [3.05, 3.63) is 139 Å². The third kappa shape index (κ3) is 7.39. The van der Waals surface area contributed by atoms with Crippen LogP contribution < -0.4 is 31.4 Å². The number of benzene rings is 2. The van der Waals surface area contributed by atoms with Crippen LogP contribution in [0.15, 0.2) is 94.5 Å². The first-order valence-corrected chi connectivity index (χ1v) is 14.6. The molecular weight excluding hydrogens is 612 g/mol. The van der Waals surface area contributed by atoms with Gasteiger partial charge in [-0.3, -0.25) is 19.2 Å². The van der Waals surface area contributed by atoms with Gasteiger partial charge in [-0.1, -0.05) is 60.7 Å². The van der Waals surface area contributed by atoms with E-state index in [9.17, 15) is 39.0 Å². The van der Waals surface area contributed by atoms with E-state index in [1.807, 2.05) is 0 Å². The zero-order chi connectivity index (χ0) is 33.5. The van der Waals surface area contributed by atoms with Crippen molar-refractivity contribution < 1.29 is 39.1 Å². The number of nitrogens with one attached hydrogen (secondary N) is 2. The number of amides is 2. The fraction of sp³-hybridized carbons (Fsp3) is 0.212. The van der Waals surface area contributed by atoms with Crippen molar-refractivity contribution in [2.75, 3.05) is 0 Å². The second-order valence-electron chi connectivity index (χ2n) is 10.7. The molecule has 4 aromatic rings. The summed E-state index contributed by atoms with van der Waals surface area (Å²) in [4.78, 5) is 87.5. The summed E-state index contributed by atoms with van der Waals surface area (Å²) in [5.74, 6) is -4.47. The molecule has 2 aromatic carbocycles. The number of hydrogen-bond acceptors (Lipinski definition) is 8. The van der Waals surface area contributed by atoms with Crippen LogP contribution in [-0.2, 0) is 13.2 Å². The maximum Gasteiger partial charge on any atom is 0.356 e. The Balaban J connectivity index is 1.31. The van der Waals surface area contributed by atoms with Gasteiger partial charge >= 0.3 is 11.9 Å². The second kappa shape index (κ2) is 14.3. The van der Waals surface area contributed by atoms with E-state index < -0.39 is 58.3 Å². The highest BCUT2D eigenvalue weighted by Crippen LogP contribution is 2.20. The molecule has 0 saturated heterocycles. The molecule has 1 aliphatic rings. The summed E-state index contributed by atoms with van der Waals surface area (Å²) < 4.78 is 1.12. The van der Waals surface area contributed by atoms with Gasteiger partial charge in [0.15, 0.2) is 11.4 Å². The lowest BCUT2D eigenvalue weighted by atomic mass is 10.1. The first-order chi connectivity index (χ1) is 22.6. The number of aromatic carboxylic acids is 2. The zero-order valence-corrected chi connectivity index (χ0v) is 24.8. The number of carboxylic acids is 2. The van der Waals surface area contributed by atoms with Crippen LogP contribution in [0.3, 0.4) is 0 Å². The van der Waals surface area contributed by atoms with Gasteiger partial charge < -0.3 is 30.5 Å². The number of hydrogen-bond donors (Lipinski definition) is 4. The van der Waals surface area contributed by atoms with E-state index in [4.69, 9.17) is 9.68 Å². The van der Waals surface area contributed by atoms with E-state index >= 15 is 0 Å². The molecule has 0 aliphatic heterocycles. The zero-order valence-electron chi connectivity index (χ0n) is 24.8. The molecule has 2 aromatic heterocycles. The molecule has 2 atom stereocenters. The molecule has 242 valence electrons. The van der Waals surface area contributed by atoms with Crippen LogP contribution in [0.25, 0.3) is 0 Å². The SMILES string of the molecule is O=C(N[C@H]1CCC[C@H]1NC(=O)c1ccc(C(=O)O)n(OCc2ccccc2)c1=O)c1ccc(C(=O)O)n(OCc2ccccc2)c1=O. The van der Waals surface area contributed by atoms with Gasteiger partial charge in [-0.2, -0.15) is 0 Å². The van der Waals surface area contributed by atoms with Crippen LogP contribution >= 0.6 is 0 Å². The molecule has 1 saturated carbocycles. The average molecular weight is 643 g/mol. The number of carbonyl (C=O) groups is 4. The van der Waals surface area contributed by atoms with E-state index in [-0.39, 0.29) is 24.3 Å².